The second kappa shape index (κ2) is 9.21. The molecule has 21 heavy (non-hydrogen) atoms. The van der Waals surface area contributed by atoms with Crippen LogP contribution in [0.2, 0.25) is 0 Å². The molecule has 0 heterocycles. The molecule has 5 nitrogen and oxygen atoms in total. The molecule has 0 aliphatic heterocycles. The molecule has 0 bridgehead atoms. The Bertz CT molecular complexity index is 457. The number of phenols is 1. The zero-order valence-electron chi connectivity index (χ0n) is 13.0. The zero-order chi connectivity index (χ0) is 15.7. The summed E-state index contributed by atoms with van der Waals surface area (Å²) in [6.45, 7) is 6.90. The van der Waals surface area contributed by atoms with Crippen LogP contribution >= 0.6 is 7.60 Å². The third-order valence-corrected chi connectivity index (χ3v) is 5.36. The Balaban J connectivity index is 3.10. The number of hydrogen-bond donors (Lipinski definition) is 2. The Morgan fingerprint density at radius 2 is 1.81 bits per heavy atom. The van der Waals surface area contributed by atoms with Crippen LogP contribution in [-0.4, -0.2) is 24.9 Å². The third kappa shape index (κ3) is 5.11. The number of para-hydroxylation sites is 1. The lowest BCUT2D eigenvalue weighted by atomic mass is 10.2. The van der Waals surface area contributed by atoms with Gasteiger partial charge in [-0.2, -0.15) is 0 Å². The van der Waals surface area contributed by atoms with Crippen LogP contribution in [-0.2, 0) is 13.6 Å². The fraction of sp³-hybridized carbons (Fsp3) is 0.600. The fourth-order valence-electron chi connectivity index (χ4n) is 2.07. The molecule has 120 valence electrons. The summed E-state index contributed by atoms with van der Waals surface area (Å²) in [6.07, 6.45) is 1.97. The van der Waals surface area contributed by atoms with Crippen LogP contribution in [0.15, 0.2) is 24.3 Å². The van der Waals surface area contributed by atoms with E-state index in [2.05, 4.69) is 12.2 Å². The lowest BCUT2D eigenvalue weighted by Gasteiger charge is -2.28. The highest BCUT2D eigenvalue weighted by molar-refractivity contribution is 7.54. The first kappa shape index (κ1) is 18.2. The minimum atomic E-state index is -3.39. The van der Waals surface area contributed by atoms with E-state index < -0.39 is 13.4 Å². The molecule has 0 amide bonds. The SMILES string of the molecule is CCCCNC(c1ccccc1O)P(=O)(OCC)OCC. The van der Waals surface area contributed by atoms with E-state index in [4.69, 9.17) is 9.05 Å². The van der Waals surface area contributed by atoms with E-state index in [9.17, 15) is 9.67 Å². The summed E-state index contributed by atoms with van der Waals surface area (Å²) in [5, 5.41) is 13.3. The Hall–Kier alpha value is -0.870. The van der Waals surface area contributed by atoms with E-state index >= 15 is 0 Å². The molecule has 0 aliphatic rings. The van der Waals surface area contributed by atoms with Crippen molar-refractivity contribution in [3.63, 3.8) is 0 Å². The number of nitrogens with one attached hydrogen (secondary N) is 1. The molecule has 0 radical (unpaired) electrons. The monoisotopic (exact) mass is 315 g/mol. The largest absolute Gasteiger partial charge is 0.508 e. The van der Waals surface area contributed by atoms with Gasteiger partial charge < -0.3 is 14.2 Å². The predicted octanol–water partition coefficient (Wildman–Crippen LogP) is 4.05. The molecular formula is C15H26NO4P. The molecule has 0 aliphatic carbocycles. The van der Waals surface area contributed by atoms with Crippen LogP contribution in [0.1, 0.15) is 45.0 Å². The van der Waals surface area contributed by atoms with Crippen LogP contribution in [0.4, 0.5) is 0 Å². The van der Waals surface area contributed by atoms with Crippen LogP contribution in [0.25, 0.3) is 0 Å². The van der Waals surface area contributed by atoms with Crippen LogP contribution in [0.3, 0.4) is 0 Å². The summed E-state index contributed by atoms with van der Waals surface area (Å²) >= 11 is 0. The normalized spacial score (nSPS) is 13.3. The maximum Gasteiger partial charge on any atom is 0.352 e. The molecule has 1 unspecified atom stereocenters. The number of hydrogen-bond acceptors (Lipinski definition) is 5. The van der Waals surface area contributed by atoms with Crippen molar-refractivity contribution in [1.82, 2.24) is 5.32 Å². The van der Waals surface area contributed by atoms with Crippen molar-refractivity contribution in [2.45, 2.75) is 39.4 Å². The molecular weight excluding hydrogens is 289 g/mol. The lowest BCUT2D eigenvalue weighted by Crippen LogP contribution is -2.24. The first-order valence-electron chi connectivity index (χ1n) is 7.49. The van der Waals surface area contributed by atoms with Gasteiger partial charge in [0.1, 0.15) is 11.5 Å². The van der Waals surface area contributed by atoms with Crippen molar-refractivity contribution in [1.29, 1.82) is 0 Å². The minimum Gasteiger partial charge on any atom is -0.508 e. The molecule has 1 aromatic rings. The maximum absolute atomic E-state index is 13.0. The molecule has 0 aromatic heterocycles. The van der Waals surface area contributed by atoms with E-state index in [1.807, 2.05) is 0 Å². The molecule has 1 atom stereocenters. The standard InChI is InChI=1S/C15H26NO4P/c1-4-7-12-16-15(13-10-8-9-11-14(13)17)21(18,19-5-2)20-6-3/h8-11,15-17H,4-7,12H2,1-3H3. The number of benzene rings is 1. The molecule has 2 N–H and O–H groups in total. The Kier molecular flexibility index (Phi) is 7.97. The van der Waals surface area contributed by atoms with E-state index in [-0.39, 0.29) is 19.0 Å². The molecule has 1 aromatic carbocycles. The van der Waals surface area contributed by atoms with Gasteiger partial charge in [0.05, 0.1) is 13.2 Å². The van der Waals surface area contributed by atoms with E-state index in [0.717, 1.165) is 12.8 Å². The predicted molar refractivity (Wildman–Crippen MR) is 84.6 cm³/mol. The summed E-state index contributed by atoms with van der Waals surface area (Å²) < 4.78 is 23.9. The van der Waals surface area contributed by atoms with Gasteiger partial charge in [0.2, 0.25) is 0 Å². The van der Waals surface area contributed by atoms with E-state index in [0.29, 0.717) is 12.1 Å². The average molecular weight is 315 g/mol. The molecule has 0 saturated heterocycles. The van der Waals surface area contributed by atoms with Gasteiger partial charge in [-0.25, -0.2) is 0 Å². The van der Waals surface area contributed by atoms with Gasteiger partial charge in [-0.05, 0) is 32.9 Å². The lowest BCUT2D eigenvalue weighted by molar-refractivity contribution is 0.207. The van der Waals surface area contributed by atoms with Crippen LogP contribution in [0, 0.1) is 0 Å². The molecule has 0 fully saturated rings. The third-order valence-electron chi connectivity index (χ3n) is 3.03. The molecule has 0 saturated carbocycles. The van der Waals surface area contributed by atoms with Crippen molar-refractivity contribution in [3.8, 4) is 5.75 Å². The Labute approximate surface area is 127 Å². The molecule has 6 heteroatoms. The second-order valence-corrected chi connectivity index (χ2v) is 6.76. The Morgan fingerprint density at radius 1 is 1.19 bits per heavy atom. The summed E-state index contributed by atoms with van der Waals surface area (Å²) in [5.41, 5.74) is 0.541. The fourth-order valence-corrected chi connectivity index (χ4v) is 4.08. The number of rotatable bonds is 10. The van der Waals surface area contributed by atoms with Gasteiger partial charge in [0, 0.05) is 5.56 Å². The van der Waals surface area contributed by atoms with E-state index in [1.165, 1.54) is 0 Å². The zero-order valence-corrected chi connectivity index (χ0v) is 13.9. The van der Waals surface area contributed by atoms with Gasteiger partial charge in [-0.1, -0.05) is 31.5 Å². The topological polar surface area (TPSA) is 67.8 Å². The number of phenolic OH excluding ortho intramolecular Hbond substituents is 1. The number of unbranched alkanes of at least 4 members (excludes halogenated alkanes) is 1. The van der Waals surface area contributed by atoms with Gasteiger partial charge in [-0.3, -0.25) is 9.88 Å². The van der Waals surface area contributed by atoms with Crippen LogP contribution < -0.4 is 5.32 Å². The summed E-state index contributed by atoms with van der Waals surface area (Å²) in [5.74, 6) is -0.573. The Morgan fingerprint density at radius 3 is 2.33 bits per heavy atom. The average Bonchev–Trinajstić information content (AvgIpc) is 2.45. The highest BCUT2D eigenvalue weighted by Crippen LogP contribution is 2.60. The highest BCUT2D eigenvalue weighted by Gasteiger charge is 2.37. The highest BCUT2D eigenvalue weighted by atomic mass is 31.2. The second-order valence-electron chi connectivity index (χ2n) is 4.64. The number of aromatic hydroxyl groups is 1. The minimum absolute atomic E-state index is 0.0890. The van der Waals surface area contributed by atoms with Crippen molar-refractivity contribution >= 4 is 7.60 Å². The quantitative estimate of drug-likeness (QED) is 0.503. The van der Waals surface area contributed by atoms with Crippen molar-refractivity contribution in [2.75, 3.05) is 19.8 Å². The van der Waals surface area contributed by atoms with Gasteiger partial charge >= 0.3 is 7.60 Å². The summed E-state index contributed by atoms with van der Waals surface area (Å²) in [7, 11) is -3.39. The summed E-state index contributed by atoms with van der Waals surface area (Å²) in [6, 6.07) is 6.84. The summed E-state index contributed by atoms with van der Waals surface area (Å²) in [4.78, 5) is 0. The van der Waals surface area contributed by atoms with Crippen molar-refractivity contribution in [2.24, 2.45) is 0 Å². The first-order chi connectivity index (χ1) is 10.1. The van der Waals surface area contributed by atoms with Crippen molar-refractivity contribution in [3.05, 3.63) is 29.8 Å². The molecule has 0 spiro atoms. The molecule has 1 rings (SSSR count). The van der Waals surface area contributed by atoms with E-state index in [1.54, 1.807) is 38.1 Å². The van der Waals surface area contributed by atoms with Gasteiger partial charge in [0.15, 0.2) is 0 Å². The van der Waals surface area contributed by atoms with Crippen LogP contribution in [0.5, 0.6) is 5.75 Å². The first-order valence-corrected chi connectivity index (χ1v) is 9.10. The van der Waals surface area contributed by atoms with Crippen molar-refractivity contribution < 1.29 is 18.7 Å². The smallest absolute Gasteiger partial charge is 0.352 e. The maximum atomic E-state index is 13.0. The van der Waals surface area contributed by atoms with Gasteiger partial charge in [0.25, 0.3) is 0 Å². The van der Waals surface area contributed by atoms with Gasteiger partial charge in [-0.15, -0.1) is 0 Å².